The van der Waals surface area contributed by atoms with Crippen LogP contribution in [0.1, 0.15) is 33.5 Å². The zero-order chi connectivity index (χ0) is 24.4. The van der Waals surface area contributed by atoms with Crippen LogP contribution in [0.15, 0.2) is 66.7 Å². The summed E-state index contributed by atoms with van der Waals surface area (Å²) >= 11 is 0. The molecule has 0 aliphatic rings. The van der Waals surface area contributed by atoms with Gasteiger partial charge in [0.1, 0.15) is 0 Å². The van der Waals surface area contributed by atoms with E-state index in [0.717, 1.165) is 16.7 Å². The quantitative estimate of drug-likeness (QED) is 0.136. The minimum atomic E-state index is 0. The minimum Gasteiger partial charge on any atom is -0.333 e. The first-order valence-corrected chi connectivity index (χ1v) is 12.2. The van der Waals surface area contributed by atoms with Gasteiger partial charge in [0.2, 0.25) is 0 Å². The van der Waals surface area contributed by atoms with E-state index < -0.39 is 0 Å². The number of aromatic nitrogens is 2. The molecule has 0 saturated heterocycles. The predicted octanol–water partition coefficient (Wildman–Crippen LogP) is 8.62. The van der Waals surface area contributed by atoms with Gasteiger partial charge in [-0.1, -0.05) is 53.4 Å². The Morgan fingerprint density at radius 1 is 0.694 bits per heavy atom. The number of fused-ring (bicyclic) bond motifs is 6. The summed E-state index contributed by atoms with van der Waals surface area (Å²) in [5.41, 5.74) is 14.7. The number of imidazole rings is 1. The van der Waals surface area contributed by atoms with Crippen LogP contribution in [-0.4, -0.2) is 9.38 Å². The zero-order valence-corrected chi connectivity index (χ0v) is 24.0. The van der Waals surface area contributed by atoms with Gasteiger partial charge in [-0.2, -0.15) is 0 Å². The van der Waals surface area contributed by atoms with Crippen molar-refractivity contribution in [2.75, 3.05) is 0 Å². The fourth-order valence-electron chi connectivity index (χ4n) is 6.00. The molecule has 6 aromatic rings. The first-order chi connectivity index (χ1) is 16.8. The number of aryl methyl sites for hydroxylation is 6. The fraction of sp³-hybridized carbons (Fsp3) is 0.182. The molecule has 1 radical (unpaired) electrons. The summed E-state index contributed by atoms with van der Waals surface area (Å²) in [6.45, 7) is 13.1. The van der Waals surface area contributed by atoms with Crippen molar-refractivity contribution in [3.8, 4) is 22.4 Å². The van der Waals surface area contributed by atoms with Crippen molar-refractivity contribution in [1.29, 1.82) is 0 Å². The third-order valence-electron chi connectivity index (χ3n) is 7.34. The molecule has 0 spiro atoms. The molecule has 181 valence electrons. The summed E-state index contributed by atoms with van der Waals surface area (Å²) in [5, 5.41) is 3.48. The van der Waals surface area contributed by atoms with Crippen molar-refractivity contribution < 1.29 is 20.1 Å². The van der Waals surface area contributed by atoms with Gasteiger partial charge in [0.25, 0.3) is 0 Å². The summed E-state index contributed by atoms with van der Waals surface area (Å²) < 4.78 is 2.36. The number of hydrogen-bond donors (Lipinski definition) is 0. The molecule has 36 heavy (non-hydrogen) atoms. The van der Waals surface area contributed by atoms with Crippen LogP contribution in [0.2, 0.25) is 0 Å². The van der Waals surface area contributed by atoms with E-state index in [1.807, 2.05) is 6.07 Å². The minimum absolute atomic E-state index is 0. The molecule has 0 bridgehead atoms. The van der Waals surface area contributed by atoms with Gasteiger partial charge in [0.05, 0.1) is 17.0 Å². The van der Waals surface area contributed by atoms with Crippen molar-refractivity contribution in [2.45, 2.75) is 41.5 Å². The normalized spacial score (nSPS) is 11.4. The Morgan fingerprint density at radius 3 is 2.08 bits per heavy atom. The summed E-state index contributed by atoms with van der Waals surface area (Å²) in [5.74, 6) is 0. The molecule has 2 aromatic heterocycles. The molecule has 2 nitrogen and oxygen atoms in total. The fourth-order valence-corrected chi connectivity index (χ4v) is 6.00. The van der Waals surface area contributed by atoms with E-state index in [0.29, 0.717) is 0 Å². The SMILES string of the molecule is Cc1cc(C)c(-c2c(C)nc3c4[c-]cccc4c4cc(-c5c(C)cccc5C)ccc4n23)c(C)c1.[Ir]. The predicted molar refractivity (Wildman–Crippen MR) is 148 cm³/mol. The summed E-state index contributed by atoms with van der Waals surface area (Å²) in [6.07, 6.45) is 0. The standard InChI is InChI=1S/C33H29N2.Ir/c1-19-16-22(4)31(23(5)17-19)32-24(6)34-33-27-13-8-7-12-26(27)28-18-25(14-15-29(28)35(32)33)30-20(2)10-9-11-21(30)3;/h7-12,14-18H,1-6H3;/q-1;. The molecule has 2 heterocycles. The Morgan fingerprint density at radius 2 is 1.39 bits per heavy atom. The van der Waals surface area contributed by atoms with Gasteiger partial charge in [-0.15, -0.1) is 29.7 Å². The van der Waals surface area contributed by atoms with Crippen LogP contribution < -0.4 is 0 Å². The van der Waals surface area contributed by atoms with Crippen molar-refractivity contribution >= 4 is 27.3 Å². The van der Waals surface area contributed by atoms with Gasteiger partial charge in [0.15, 0.2) is 0 Å². The second kappa shape index (κ2) is 9.00. The Kier molecular flexibility index (Phi) is 6.11. The molecule has 0 atom stereocenters. The average molecular weight is 646 g/mol. The van der Waals surface area contributed by atoms with E-state index in [1.54, 1.807) is 0 Å². The van der Waals surface area contributed by atoms with Crippen LogP contribution in [-0.2, 0) is 20.1 Å². The van der Waals surface area contributed by atoms with Gasteiger partial charge in [-0.25, -0.2) is 0 Å². The maximum Gasteiger partial charge on any atom is 0.0669 e. The zero-order valence-electron chi connectivity index (χ0n) is 21.6. The molecule has 0 unspecified atom stereocenters. The maximum absolute atomic E-state index is 5.11. The first kappa shape index (κ1) is 24.4. The molecule has 0 amide bonds. The van der Waals surface area contributed by atoms with Crippen LogP contribution in [0, 0.1) is 47.6 Å². The van der Waals surface area contributed by atoms with Gasteiger partial charge in [0, 0.05) is 31.2 Å². The van der Waals surface area contributed by atoms with E-state index >= 15 is 0 Å². The topological polar surface area (TPSA) is 17.3 Å². The van der Waals surface area contributed by atoms with Crippen molar-refractivity contribution in [2.24, 2.45) is 0 Å². The monoisotopic (exact) mass is 646 g/mol. The van der Waals surface area contributed by atoms with Crippen molar-refractivity contribution in [3.05, 3.63) is 106 Å². The number of nitrogens with zero attached hydrogens (tertiary/aromatic N) is 2. The smallest absolute Gasteiger partial charge is 0.0669 e. The van der Waals surface area contributed by atoms with E-state index in [4.69, 9.17) is 4.98 Å². The summed E-state index contributed by atoms with van der Waals surface area (Å²) in [7, 11) is 0. The second-order valence-corrected chi connectivity index (χ2v) is 9.94. The molecule has 0 fully saturated rings. The third kappa shape index (κ3) is 3.61. The third-order valence-corrected chi connectivity index (χ3v) is 7.34. The second-order valence-electron chi connectivity index (χ2n) is 9.94. The van der Waals surface area contributed by atoms with Crippen LogP contribution in [0.4, 0.5) is 0 Å². The number of pyridine rings is 1. The molecule has 0 saturated carbocycles. The Balaban J connectivity index is 0.00000267. The maximum atomic E-state index is 5.11. The molecule has 4 aromatic carbocycles. The largest absolute Gasteiger partial charge is 0.333 e. The molecule has 6 rings (SSSR count). The molecule has 3 heteroatoms. The number of rotatable bonds is 2. The van der Waals surface area contributed by atoms with E-state index in [-0.39, 0.29) is 20.1 Å². The van der Waals surface area contributed by atoms with Crippen LogP contribution >= 0.6 is 0 Å². The molecule has 0 aliphatic heterocycles. The first-order valence-electron chi connectivity index (χ1n) is 12.2. The van der Waals surface area contributed by atoms with Gasteiger partial charge >= 0.3 is 0 Å². The Hall–Kier alpha value is -3.26. The van der Waals surface area contributed by atoms with Gasteiger partial charge in [-0.05, 0) is 86.4 Å². The Labute approximate surface area is 226 Å². The Bertz CT molecular complexity index is 1760. The van der Waals surface area contributed by atoms with Crippen molar-refractivity contribution in [1.82, 2.24) is 9.38 Å². The van der Waals surface area contributed by atoms with E-state index in [1.165, 1.54) is 66.5 Å². The van der Waals surface area contributed by atoms with Gasteiger partial charge < -0.3 is 4.40 Å². The molecular weight excluding hydrogens is 617 g/mol. The van der Waals surface area contributed by atoms with Crippen LogP contribution in [0.25, 0.3) is 49.7 Å². The van der Waals surface area contributed by atoms with Crippen molar-refractivity contribution in [3.63, 3.8) is 0 Å². The summed E-state index contributed by atoms with van der Waals surface area (Å²) in [6, 6.07) is 27.8. The average Bonchev–Trinajstić information content (AvgIpc) is 3.15. The molecular formula is C33H29IrN2-. The van der Waals surface area contributed by atoms with E-state index in [9.17, 15) is 0 Å². The summed E-state index contributed by atoms with van der Waals surface area (Å²) in [4.78, 5) is 5.11. The van der Waals surface area contributed by atoms with Crippen LogP contribution in [0.3, 0.4) is 0 Å². The number of hydrogen-bond acceptors (Lipinski definition) is 1. The molecule has 0 N–H and O–H groups in total. The number of benzene rings is 4. The van der Waals surface area contributed by atoms with Gasteiger partial charge in [-0.3, -0.25) is 4.98 Å². The molecule has 0 aliphatic carbocycles. The van der Waals surface area contributed by atoms with Crippen LogP contribution in [0.5, 0.6) is 0 Å². The van der Waals surface area contributed by atoms with E-state index in [2.05, 4.69) is 113 Å².